The van der Waals surface area contributed by atoms with Gasteiger partial charge in [0.1, 0.15) is 12.7 Å². The highest BCUT2D eigenvalue weighted by Crippen LogP contribution is 2.53. The summed E-state index contributed by atoms with van der Waals surface area (Å²) < 4.78 is 45.2. The summed E-state index contributed by atoms with van der Waals surface area (Å²) in [7, 11) is 0. The van der Waals surface area contributed by atoms with Crippen LogP contribution in [0.5, 0.6) is 11.5 Å². The van der Waals surface area contributed by atoms with Crippen molar-refractivity contribution in [2.45, 2.75) is 30.4 Å². The van der Waals surface area contributed by atoms with E-state index in [1.165, 1.54) is 0 Å². The Labute approximate surface area is 337 Å². The third kappa shape index (κ3) is 7.08. The van der Waals surface area contributed by atoms with E-state index in [0.717, 1.165) is 10.8 Å². The molecule has 0 amide bonds. The molecule has 292 valence electrons. The third-order valence-electron chi connectivity index (χ3n) is 10.2. The predicted octanol–water partition coefficient (Wildman–Crippen LogP) is 8.35. The van der Waals surface area contributed by atoms with Crippen molar-refractivity contribution in [3.63, 3.8) is 0 Å². The number of benzene rings is 7. The quantitative estimate of drug-likeness (QED) is 0.0795. The van der Waals surface area contributed by atoms with Crippen LogP contribution < -0.4 is 9.47 Å². The van der Waals surface area contributed by atoms with Gasteiger partial charge in [-0.15, -0.1) is 0 Å². The first kappa shape index (κ1) is 37.1. The molecule has 9 rings (SSSR count). The molecule has 0 radical (unpaired) electrons. The van der Waals surface area contributed by atoms with Gasteiger partial charge in [-0.2, -0.15) is 0 Å². The first-order chi connectivity index (χ1) is 28.9. The zero-order valence-corrected chi connectivity index (χ0v) is 31.2. The topological polar surface area (TPSA) is 133 Å². The summed E-state index contributed by atoms with van der Waals surface area (Å²) in [4.78, 5) is 56.0. The average Bonchev–Trinajstić information content (AvgIpc) is 3.30. The van der Waals surface area contributed by atoms with Gasteiger partial charge in [0.2, 0.25) is 6.10 Å². The van der Waals surface area contributed by atoms with Crippen LogP contribution in [0.15, 0.2) is 170 Å². The molecule has 11 heteroatoms. The van der Waals surface area contributed by atoms with Crippen molar-refractivity contribution in [2.75, 3.05) is 6.61 Å². The Kier molecular flexibility index (Phi) is 9.93. The van der Waals surface area contributed by atoms with Gasteiger partial charge in [-0.3, -0.25) is 0 Å². The maximum absolute atomic E-state index is 14.3. The average molecular weight is 787 g/mol. The van der Waals surface area contributed by atoms with Gasteiger partial charge in [0, 0.05) is 10.8 Å². The molecule has 0 N–H and O–H groups in total. The molecule has 7 aromatic carbocycles. The Bertz CT molecular complexity index is 2670. The number of rotatable bonds is 9. The standard InChI is InChI=1S/C48H34O11/c49-43(30-17-5-1-6-18-30)53-29-38-41(55-44(50)31-19-7-2-8-20-31)42(57-45(51)32-21-9-3-10-22-32)48(59-46(52)33-23-11-4-12-24-33)47(54-38)56-39-36-27-15-13-25-34(36)35-26-14-16-28-37(35)40(39)58-48/h1-28,38,41-42,47H,29H2/t38-,41-,42+,47-,48+/m1/s1. The summed E-state index contributed by atoms with van der Waals surface area (Å²) in [6.07, 6.45) is -6.54. The van der Waals surface area contributed by atoms with Crippen LogP contribution in [0.25, 0.3) is 21.5 Å². The van der Waals surface area contributed by atoms with Crippen molar-refractivity contribution in [3.8, 4) is 11.5 Å². The highest BCUT2D eigenvalue weighted by Gasteiger charge is 2.69. The van der Waals surface area contributed by atoms with Crippen LogP contribution in [0.4, 0.5) is 0 Å². The molecule has 11 nitrogen and oxygen atoms in total. The van der Waals surface area contributed by atoms with E-state index in [4.69, 9.17) is 33.2 Å². The van der Waals surface area contributed by atoms with Crippen LogP contribution in [0.1, 0.15) is 41.4 Å². The van der Waals surface area contributed by atoms with E-state index < -0.39 is 60.9 Å². The van der Waals surface area contributed by atoms with Gasteiger partial charge in [-0.25, -0.2) is 19.2 Å². The molecule has 5 atom stereocenters. The Morgan fingerprint density at radius 3 is 1.42 bits per heavy atom. The van der Waals surface area contributed by atoms with Gasteiger partial charge in [0.25, 0.3) is 6.29 Å². The molecule has 2 aliphatic rings. The van der Waals surface area contributed by atoms with Gasteiger partial charge in [-0.05, 0) is 59.3 Å². The third-order valence-corrected chi connectivity index (χ3v) is 10.2. The summed E-state index contributed by atoms with van der Waals surface area (Å²) in [5, 5.41) is 2.86. The van der Waals surface area contributed by atoms with E-state index in [1.54, 1.807) is 121 Å². The van der Waals surface area contributed by atoms with Crippen molar-refractivity contribution in [1.29, 1.82) is 0 Å². The molecule has 7 aromatic rings. The molecule has 1 fully saturated rings. The fourth-order valence-corrected chi connectivity index (χ4v) is 7.33. The minimum Gasteiger partial charge on any atom is -0.459 e. The number of hydrogen-bond acceptors (Lipinski definition) is 11. The van der Waals surface area contributed by atoms with Gasteiger partial charge in [0.15, 0.2) is 17.6 Å². The molecular formula is C48H34O11. The smallest absolute Gasteiger partial charge is 0.359 e. The number of esters is 4. The van der Waals surface area contributed by atoms with Gasteiger partial charge in [-0.1, -0.05) is 121 Å². The van der Waals surface area contributed by atoms with E-state index >= 15 is 0 Å². The lowest BCUT2D eigenvalue weighted by Gasteiger charge is -2.52. The second kappa shape index (κ2) is 15.8. The van der Waals surface area contributed by atoms with Crippen molar-refractivity contribution in [2.24, 2.45) is 0 Å². The van der Waals surface area contributed by atoms with Crippen LogP contribution >= 0.6 is 0 Å². The summed E-state index contributed by atoms with van der Waals surface area (Å²) in [6.45, 7) is -0.520. The van der Waals surface area contributed by atoms with E-state index in [0.29, 0.717) is 10.8 Å². The number of carbonyl (C=O) groups is 4. The minimum atomic E-state index is -2.49. The highest BCUT2D eigenvalue weighted by atomic mass is 16.8. The molecule has 0 spiro atoms. The lowest BCUT2D eigenvalue weighted by Crippen LogP contribution is -2.74. The first-order valence-electron chi connectivity index (χ1n) is 18.9. The molecule has 0 unspecified atom stereocenters. The molecule has 0 aliphatic carbocycles. The minimum absolute atomic E-state index is 0.128. The van der Waals surface area contributed by atoms with Crippen LogP contribution in [-0.4, -0.2) is 60.9 Å². The maximum Gasteiger partial charge on any atom is 0.359 e. The van der Waals surface area contributed by atoms with E-state index in [2.05, 4.69) is 0 Å². The van der Waals surface area contributed by atoms with Crippen LogP contribution in [0.3, 0.4) is 0 Å². The van der Waals surface area contributed by atoms with E-state index in [-0.39, 0.29) is 33.8 Å². The monoisotopic (exact) mass is 786 g/mol. The Balaban J connectivity index is 1.24. The van der Waals surface area contributed by atoms with E-state index in [1.807, 2.05) is 48.5 Å². The summed E-state index contributed by atoms with van der Waals surface area (Å²) in [5.74, 6) is -5.38. The molecule has 1 saturated heterocycles. The molecule has 2 heterocycles. The first-order valence-corrected chi connectivity index (χ1v) is 18.9. The van der Waals surface area contributed by atoms with Gasteiger partial charge < -0.3 is 33.2 Å². The van der Waals surface area contributed by atoms with Crippen molar-refractivity contribution >= 4 is 45.4 Å². The molecule has 0 aromatic heterocycles. The molecule has 59 heavy (non-hydrogen) atoms. The molecule has 0 saturated carbocycles. The number of ether oxygens (including phenoxy) is 7. The van der Waals surface area contributed by atoms with Gasteiger partial charge >= 0.3 is 29.7 Å². The number of hydrogen-bond donors (Lipinski definition) is 0. The number of carbonyl (C=O) groups excluding carboxylic acids is 4. The normalized spacial score (nSPS) is 20.5. The molecular weight excluding hydrogens is 753 g/mol. The Hall–Kier alpha value is -7.50. The van der Waals surface area contributed by atoms with Crippen molar-refractivity contribution in [3.05, 3.63) is 192 Å². The zero-order valence-electron chi connectivity index (χ0n) is 31.2. The van der Waals surface area contributed by atoms with Crippen LogP contribution in [-0.2, 0) is 23.7 Å². The fourth-order valence-electron chi connectivity index (χ4n) is 7.33. The maximum atomic E-state index is 14.3. The Morgan fingerprint density at radius 1 is 0.475 bits per heavy atom. The number of fused-ring (bicyclic) bond motifs is 7. The lowest BCUT2D eigenvalue weighted by atomic mass is 9.92. The lowest BCUT2D eigenvalue weighted by molar-refractivity contribution is -0.380. The summed E-state index contributed by atoms with van der Waals surface area (Å²) in [5.41, 5.74) is 0.669. The highest BCUT2D eigenvalue weighted by molar-refractivity contribution is 6.14. The van der Waals surface area contributed by atoms with Crippen molar-refractivity contribution in [1.82, 2.24) is 0 Å². The fraction of sp³-hybridized carbons (Fsp3) is 0.125. The summed E-state index contributed by atoms with van der Waals surface area (Å²) in [6, 6.07) is 47.7. The van der Waals surface area contributed by atoms with Crippen LogP contribution in [0, 0.1) is 0 Å². The summed E-state index contributed by atoms with van der Waals surface area (Å²) >= 11 is 0. The predicted molar refractivity (Wildman–Crippen MR) is 214 cm³/mol. The van der Waals surface area contributed by atoms with Crippen LogP contribution in [0.2, 0.25) is 0 Å². The molecule has 0 bridgehead atoms. The second-order valence-electron chi connectivity index (χ2n) is 13.8. The Morgan fingerprint density at radius 2 is 0.898 bits per heavy atom. The van der Waals surface area contributed by atoms with Crippen molar-refractivity contribution < 1.29 is 52.3 Å². The zero-order chi connectivity index (χ0) is 40.3. The van der Waals surface area contributed by atoms with Gasteiger partial charge in [0.05, 0.1) is 22.3 Å². The van der Waals surface area contributed by atoms with E-state index in [9.17, 15) is 19.2 Å². The molecule has 2 aliphatic heterocycles. The largest absolute Gasteiger partial charge is 0.459 e. The SMILES string of the molecule is O=C(OC[C@H]1O[C@@H]2Oc3c(c4ccccc4c4ccccc34)O[C@]2(OC(=O)c2ccccc2)[C@@H](OC(=O)c2ccccc2)[C@@H]1OC(=O)c1ccccc1)c1ccccc1. The second-order valence-corrected chi connectivity index (χ2v) is 13.8.